The van der Waals surface area contributed by atoms with Crippen molar-refractivity contribution in [2.45, 2.75) is 161 Å². The first-order valence-electron chi connectivity index (χ1n) is 19.1. The van der Waals surface area contributed by atoms with Crippen molar-refractivity contribution < 1.29 is 37.6 Å². The van der Waals surface area contributed by atoms with Crippen LogP contribution >= 0.6 is 7.82 Å². The van der Waals surface area contributed by atoms with Gasteiger partial charge in [-0.05, 0) is 51.4 Å². The van der Waals surface area contributed by atoms with Crippen molar-refractivity contribution in [2.75, 3.05) is 26.4 Å². The van der Waals surface area contributed by atoms with Crippen LogP contribution in [0.1, 0.15) is 155 Å². The summed E-state index contributed by atoms with van der Waals surface area (Å²) < 4.78 is 32.6. The Balaban J connectivity index is 4.34. The number of ether oxygens (including phenoxy) is 2. The molecule has 0 radical (unpaired) electrons. The van der Waals surface area contributed by atoms with Gasteiger partial charge in [-0.2, -0.15) is 0 Å². The zero-order chi connectivity index (χ0) is 36.1. The summed E-state index contributed by atoms with van der Waals surface area (Å²) in [5.74, 6) is -0.898. The fraction of sp³-hybridized carbons (Fsp3) is 0.744. The fourth-order valence-corrected chi connectivity index (χ4v) is 5.63. The van der Waals surface area contributed by atoms with Crippen LogP contribution in [0.2, 0.25) is 0 Å². The molecular formula is C39H70NO8P. The van der Waals surface area contributed by atoms with Gasteiger partial charge >= 0.3 is 19.8 Å². The molecule has 0 aliphatic heterocycles. The number of allylic oxidation sites excluding steroid dienone is 8. The highest BCUT2D eigenvalue weighted by Crippen LogP contribution is 2.43. The Bertz CT molecular complexity index is 949. The number of esters is 2. The molecular weight excluding hydrogens is 641 g/mol. The van der Waals surface area contributed by atoms with Gasteiger partial charge in [0.2, 0.25) is 0 Å². The first kappa shape index (κ1) is 47.0. The average Bonchev–Trinajstić information content (AvgIpc) is 3.08. The van der Waals surface area contributed by atoms with Gasteiger partial charge in [0.05, 0.1) is 13.2 Å². The summed E-state index contributed by atoms with van der Waals surface area (Å²) in [6, 6.07) is 0. The maximum Gasteiger partial charge on any atom is 0.472 e. The Kier molecular flexibility index (Phi) is 34.3. The third-order valence-electron chi connectivity index (χ3n) is 7.72. The zero-order valence-corrected chi connectivity index (χ0v) is 31.8. The summed E-state index contributed by atoms with van der Waals surface area (Å²) in [7, 11) is -4.38. The van der Waals surface area contributed by atoms with Crippen molar-refractivity contribution in [3.8, 4) is 0 Å². The molecule has 3 N–H and O–H groups in total. The number of rotatable bonds is 35. The van der Waals surface area contributed by atoms with E-state index in [1.165, 1.54) is 77.0 Å². The topological polar surface area (TPSA) is 134 Å². The molecule has 284 valence electrons. The quantitative estimate of drug-likeness (QED) is 0.0285. The molecule has 9 nitrogen and oxygen atoms in total. The summed E-state index contributed by atoms with van der Waals surface area (Å²) in [5, 5.41) is 0. The van der Waals surface area contributed by atoms with Gasteiger partial charge in [0, 0.05) is 19.4 Å². The monoisotopic (exact) mass is 711 g/mol. The van der Waals surface area contributed by atoms with Crippen LogP contribution < -0.4 is 5.73 Å². The van der Waals surface area contributed by atoms with E-state index in [1.54, 1.807) is 0 Å². The van der Waals surface area contributed by atoms with Crippen molar-refractivity contribution in [1.82, 2.24) is 0 Å². The van der Waals surface area contributed by atoms with E-state index in [-0.39, 0.29) is 32.6 Å². The molecule has 0 amide bonds. The summed E-state index contributed by atoms with van der Waals surface area (Å²) >= 11 is 0. The molecule has 0 saturated carbocycles. The number of carbonyl (C=O) groups excluding carboxylic acids is 2. The van der Waals surface area contributed by atoms with Crippen LogP contribution in [0, 0.1) is 0 Å². The van der Waals surface area contributed by atoms with Crippen LogP contribution in [0.25, 0.3) is 0 Å². The maximum atomic E-state index is 12.5. The van der Waals surface area contributed by atoms with Crippen molar-refractivity contribution in [3.63, 3.8) is 0 Å². The molecule has 0 aromatic heterocycles. The molecule has 0 fully saturated rings. The van der Waals surface area contributed by atoms with E-state index in [1.807, 2.05) is 6.08 Å². The highest BCUT2D eigenvalue weighted by Gasteiger charge is 2.25. The molecule has 0 saturated heterocycles. The second-order valence-electron chi connectivity index (χ2n) is 12.4. The number of phosphoric acid groups is 1. The minimum absolute atomic E-state index is 0.0441. The second kappa shape index (κ2) is 35.8. The minimum atomic E-state index is -4.38. The van der Waals surface area contributed by atoms with Gasteiger partial charge in [0.15, 0.2) is 6.10 Å². The van der Waals surface area contributed by atoms with Gasteiger partial charge < -0.3 is 20.1 Å². The lowest BCUT2D eigenvalue weighted by atomic mass is 10.1. The van der Waals surface area contributed by atoms with Crippen LogP contribution in [-0.4, -0.2) is 49.3 Å². The normalized spacial score (nSPS) is 14.0. The van der Waals surface area contributed by atoms with Crippen LogP contribution in [0.4, 0.5) is 0 Å². The Morgan fingerprint density at radius 3 is 1.63 bits per heavy atom. The highest BCUT2D eigenvalue weighted by atomic mass is 31.2. The standard InChI is InChI=1S/C39H70NO8P/c1-3-5-7-9-11-13-15-16-17-18-19-20-22-24-26-28-30-32-39(42)48-37(36-47-49(43,44)46-34-33-40)35-45-38(41)31-29-27-25-23-21-14-12-10-8-6-4-2/h11,13,16-17,19-20,24,26,37H,3-10,12,14-15,18,21-23,25,27-36,40H2,1-2H3,(H,43,44)/t37-/m1/s1. The number of phosphoric ester groups is 1. The van der Waals surface area contributed by atoms with E-state index in [2.05, 4.69) is 56.4 Å². The molecule has 0 aromatic rings. The zero-order valence-electron chi connectivity index (χ0n) is 30.9. The molecule has 10 heteroatoms. The van der Waals surface area contributed by atoms with Gasteiger partial charge in [-0.25, -0.2) is 4.57 Å². The first-order valence-corrected chi connectivity index (χ1v) is 20.6. The predicted octanol–water partition coefficient (Wildman–Crippen LogP) is 10.4. The number of carbonyl (C=O) groups is 2. The molecule has 0 heterocycles. The van der Waals surface area contributed by atoms with E-state index < -0.39 is 32.5 Å². The molecule has 49 heavy (non-hydrogen) atoms. The third kappa shape index (κ3) is 35.6. The van der Waals surface area contributed by atoms with E-state index >= 15 is 0 Å². The largest absolute Gasteiger partial charge is 0.472 e. The molecule has 0 rings (SSSR count). The summed E-state index contributed by atoms with van der Waals surface area (Å²) in [4.78, 5) is 34.6. The van der Waals surface area contributed by atoms with E-state index in [9.17, 15) is 19.0 Å². The first-order chi connectivity index (χ1) is 23.8. The number of nitrogens with two attached hydrogens (primary N) is 1. The SMILES string of the molecule is CCCCCC=CCC=CCC=CCC=CCCCC(=O)O[C@H](COC(=O)CCCCCCCCCCCCC)COP(=O)(O)OCCN. The summed E-state index contributed by atoms with van der Waals surface area (Å²) in [5.41, 5.74) is 5.32. The van der Waals surface area contributed by atoms with Crippen LogP contribution in [0.3, 0.4) is 0 Å². The molecule has 0 bridgehead atoms. The molecule has 0 spiro atoms. The molecule has 0 aliphatic rings. The third-order valence-corrected chi connectivity index (χ3v) is 8.70. The average molecular weight is 712 g/mol. The fourth-order valence-electron chi connectivity index (χ4n) is 4.86. The molecule has 1 unspecified atom stereocenters. The van der Waals surface area contributed by atoms with Crippen molar-refractivity contribution in [3.05, 3.63) is 48.6 Å². The highest BCUT2D eigenvalue weighted by molar-refractivity contribution is 7.47. The maximum absolute atomic E-state index is 12.5. The second-order valence-corrected chi connectivity index (χ2v) is 13.9. The Labute approximate surface area is 298 Å². The predicted molar refractivity (Wildman–Crippen MR) is 201 cm³/mol. The number of unbranched alkanes of at least 4 members (excludes halogenated alkanes) is 14. The van der Waals surface area contributed by atoms with Crippen molar-refractivity contribution in [1.29, 1.82) is 0 Å². The number of hydrogen-bond acceptors (Lipinski definition) is 8. The van der Waals surface area contributed by atoms with Gasteiger partial charge in [-0.3, -0.25) is 18.6 Å². The molecule has 2 atom stereocenters. The Morgan fingerprint density at radius 1 is 0.612 bits per heavy atom. The molecule has 0 aliphatic carbocycles. The van der Waals surface area contributed by atoms with Crippen LogP contribution in [0.15, 0.2) is 48.6 Å². The van der Waals surface area contributed by atoms with E-state index in [0.29, 0.717) is 12.8 Å². The minimum Gasteiger partial charge on any atom is -0.462 e. The smallest absolute Gasteiger partial charge is 0.462 e. The van der Waals surface area contributed by atoms with Crippen LogP contribution in [0.5, 0.6) is 0 Å². The van der Waals surface area contributed by atoms with Crippen molar-refractivity contribution in [2.24, 2.45) is 5.73 Å². The van der Waals surface area contributed by atoms with Gasteiger partial charge in [-0.15, -0.1) is 0 Å². The van der Waals surface area contributed by atoms with Crippen molar-refractivity contribution >= 4 is 19.8 Å². The summed E-state index contributed by atoms with van der Waals surface area (Å²) in [6.07, 6.45) is 38.6. The lowest BCUT2D eigenvalue weighted by molar-refractivity contribution is -0.161. The van der Waals surface area contributed by atoms with Gasteiger partial charge in [-0.1, -0.05) is 140 Å². The lowest BCUT2D eigenvalue weighted by Gasteiger charge is -2.19. The van der Waals surface area contributed by atoms with E-state index in [0.717, 1.165) is 38.5 Å². The van der Waals surface area contributed by atoms with Gasteiger partial charge in [0.25, 0.3) is 0 Å². The van der Waals surface area contributed by atoms with Crippen LogP contribution in [-0.2, 0) is 32.7 Å². The molecule has 0 aromatic carbocycles. The number of hydrogen-bond donors (Lipinski definition) is 2. The van der Waals surface area contributed by atoms with E-state index in [4.69, 9.17) is 24.3 Å². The Morgan fingerprint density at radius 2 is 1.08 bits per heavy atom. The Hall–Kier alpha value is -2.03. The summed E-state index contributed by atoms with van der Waals surface area (Å²) in [6.45, 7) is 3.61. The van der Waals surface area contributed by atoms with Gasteiger partial charge in [0.1, 0.15) is 6.61 Å². The lowest BCUT2D eigenvalue weighted by Crippen LogP contribution is -2.29.